The summed E-state index contributed by atoms with van der Waals surface area (Å²) in [6, 6.07) is 22.7. The quantitative estimate of drug-likeness (QED) is 0.395. The number of anilines is 2. The molecule has 3 aromatic rings. The predicted molar refractivity (Wildman–Crippen MR) is 121 cm³/mol. The lowest BCUT2D eigenvalue weighted by Crippen LogP contribution is -2.20. The van der Waals surface area contributed by atoms with Gasteiger partial charge in [-0.1, -0.05) is 35.9 Å². The minimum Gasteiger partial charge on any atom is -0.490 e. The number of amides is 1. The zero-order valence-corrected chi connectivity index (χ0v) is 17.1. The van der Waals surface area contributed by atoms with Crippen molar-refractivity contribution in [3.63, 3.8) is 0 Å². The highest BCUT2D eigenvalue weighted by Crippen LogP contribution is 2.28. The van der Waals surface area contributed by atoms with Crippen molar-refractivity contribution in [2.24, 2.45) is 5.10 Å². The number of benzene rings is 3. The number of hydrogen-bond donors (Lipinski definition) is 2. The Bertz CT molecular complexity index is 986. The molecular weight excluding hydrogens is 378 g/mol. The van der Waals surface area contributed by atoms with E-state index in [1.165, 1.54) is 0 Å². The lowest BCUT2D eigenvalue weighted by molar-refractivity contribution is -0.118. The Morgan fingerprint density at radius 2 is 1.70 bits per heavy atom. The molecule has 6 heteroatoms. The summed E-state index contributed by atoms with van der Waals surface area (Å²) in [5.74, 6) is 0.826. The van der Waals surface area contributed by atoms with Gasteiger partial charge in [0.1, 0.15) is 0 Å². The number of rotatable bonds is 9. The summed E-state index contributed by atoms with van der Waals surface area (Å²) < 4.78 is 11.3. The Balaban J connectivity index is 1.60. The van der Waals surface area contributed by atoms with Gasteiger partial charge in [-0.3, -0.25) is 10.2 Å². The number of nitrogens with zero attached hydrogens (tertiary/aromatic N) is 1. The number of nitrogens with one attached hydrogen (secondary N) is 2. The van der Waals surface area contributed by atoms with Crippen LogP contribution in [0.5, 0.6) is 11.5 Å². The second kappa shape index (κ2) is 10.7. The van der Waals surface area contributed by atoms with Gasteiger partial charge in [0, 0.05) is 5.69 Å². The predicted octanol–water partition coefficient (Wildman–Crippen LogP) is 4.86. The second-order valence-corrected chi connectivity index (χ2v) is 6.58. The van der Waals surface area contributed by atoms with Crippen LogP contribution in [-0.4, -0.2) is 25.3 Å². The number of aryl methyl sites for hydroxylation is 1. The van der Waals surface area contributed by atoms with E-state index in [4.69, 9.17) is 9.47 Å². The number of hydrogen-bond acceptors (Lipinski definition) is 5. The molecule has 0 bridgehead atoms. The molecule has 0 saturated heterocycles. The van der Waals surface area contributed by atoms with Crippen molar-refractivity contribution < 1.29 is 14.3 Å². The normalized spacial score (nSPS) is 10.6. The van der Waals surface area contributed by atoms with Crippen LogP contribution in [0, 0.1) is 6.92 Å². The summed E-state index contributed by atoms with van der Waals surface area (Å²) in [5.41, 5.74) is 6.58. The highest BCUT2D eigenvalue weighted by atomic mass is 16.5. The van der Waals surface area contributed by atoms with Crippen molar-refractivity contribution in [3.05, 3.63) is 83.9 Å². The van der Waals surface area contributed by atoms with E-state index >= 15 is 0 Å². The van der Waals surface area contributed by atoms with Crippen LogP contribution < -0.4 is 20.2 Å². The van der Waals surface area contributed by atoms with Crippen LogP contribution in [0.15, 0.2) is 77.9 Å². The number of carbonyl (C=O) groups is 1. The lowest BCUT2D eigenvalue weighted by Gasteiger charge is -2.12. The molecule has 1 amide bonds. The Kier molecular flexibility index (Phi) is 7.44. The van der Waals surface area contributed by atoms with Gasteiger partial charge in [0.25, 0.3) is 5.91 Å². The molecule has 30 heavy (non-hydrogen) atoms. The Morgan fingerprint density at radius 1 is 0.933 bits per heavy atom. The first-order valence-corrected chi connectivity index (χ1v) is 9.74. The van der Waals surface area contributed by atoms with Crippen molar-refractivity contribution >= 4 is 23.5 Å². The van der Waals surface area contributed by atoms with Gasteiger partial charge in [-0.2, -0.15) is 5.10 Å². The molecule has 0 heterocycles. The van der Waals surface area contributed by atoms with Crippen molar-refractivity contribution in [1.29, 1.82) is 0 Å². The van der Waals surface area contributed by atoms with Gasteiger partial charge in [-0.15, -0.1) is 0 Å². The molecular formula is C24H25N3O3. The first kappa shape index (κ1) is 20.9. The molecule has 0 aromatic heterocycles. The highest BCUT2D eigenvalue weighted by Gasteiger charge is 2.09. The van der Waals surface area contributed by atoms with Crippen molar-refractivity contribution in [3.8, 4) is 11.5 Å². The summed E-state index contributed by atoms with van der Waals surface area (Å²) in [7, 11) is 0. The van der Waals surface area contributed by atoms with Crippen LogP contribution in [0.1, 0.15) is 18.1 Å². The fourth-order valence-corrected chi connectivity index (χ4v) is 2.66. The SMILES string of the molecule is CCOc1cc(/C=N/Nc2ccccc2)ccc1OCC(=O)Nc1ccc(C)cc1. The van der Waals surface area contributed by atoms with Gasteiger partial charge in [-0.25, -0.2) is 0 Å². The van der Waals surface area contributed by atoms with Gasteiger partial charge in [0.15, 0.2) is 18.1 Å². The summed E-state index contributed by atoms with van der Waals surface area (Å²) >= 11 is 0. The van der Waals surface area contributed by atoms with Gasteiger partial charge in [0.2, 0.25) is 0 Å². The van der Waals surface area contributed by atoms with Crippen LogP contribution in [-0.2, 0) is 4.79 Å². The summed E-state index contributed by atoms with van der Waals surface area (Å²) in [6.07, 6.45) is 1.70. The molecule has 3 aromatic carbocycles. The minimum atomic E-state index is -0.237. The monoisotopic (exact) mass is 403 g/mol. The van der Waals surface area contributed by atoms with Crippen LogP contribution in [0.2, 0.25) is 0 Å². The van der Waals surface area contributed by atoms with Crippen LogP contribution >= 0.6 is 0 Å². The van der Waals surface area contributed by atoms with E-state index in [0.717, 1.165) is 22.5 Å². The van der Waals surface area contributed by atoms with Crippen LogP contribution in [0.25, 0.3) is 0 Å². The van der Waals surface area contributed by atoms with Crippen molar-refractivity contribution in [1.82, 2.24) is 0 Å². The molecule has 154 valence electrons. The molecule has 0 atom stereocenters. The highest BCUT2D eigenvalue weighted by molar-refractivity contribution is 5.92. The third-order valence-electron chi connectivity index (χ3n) is 4.14. The molecule has 0 radical (unpaired) electrons. The maximum Gasteiger partial charge on any atom is 0.262 e. The van der Waals surface area contributed by atoms with E-state index in [2.05, 4.69) is 15.8 Å². The molecule has 0 saturated carbocycles. The summed E-state index contributed by atoms with van der Waals surface area (Å²) in [6.45, 7) is 4.26. The maximum atomic E-state index is 12.2. The second-order valence-electron chi connectivity index (χ2n) is 6.58. The number of para-hydroxylation sites is 1. The third-order valence-corrected chi connectivity index (χ3v) is 4.14. The minimum absolute atomic E-state index is 0.114. The third kappa shape index (κ3) is 6.38. The van der Waals surface area contributed by atoms with Crippen LogP contribution in [0.3, 0.4) is 0 Å². The Morgan fingerprint density at radius 3 is 2.43 bits per heavy atom. The lowest BCUT2D eigenvalue weighted by atomic mass is 10.2. The van der Waals surface area contributed by atoms with E-state index < -0.39 is 0 Å². The topological polar surface area (TPSA) is 71.9 Å². The molecule has 6 nitrogen and oxygen atoms in total. The van der Waals surface area contributed by atoms with E-state index in [-0.39, 0.29) is 12.5 Å². The smallest absolute Gasteiger partial charge is 0.262 e. The molecule has 0 aliphatic rings. The van der Waals surface area contributed by atoms with E-state index in [0.29, 0.717) is 18.1 Å². The first-order valence-electron chi connectivity index (χ1n) is 9.74. The molecule has 0 fully saturated rings. The standard InChI is InChI=1S/C24H25N3O3/c1-3-29-23-15-19(16-25-27-21-7-5-4-6-8-21)11-14-22(23)30-17-24(28)26-20-12-9-18(2)10-13-20/h4-16,27H,3,17H2,1-2H3,(H,26,28)/b25-16+. The Hall–Kier alpha value is -3.80. The fraction of sp³-hybridized carbons (Fsp3) is 0.167. The molecule has 0 aliphatic carbocycles. The molecule has 0 aliphatic heterocycles. The Labute approximate surface area is 176 Å². The van der Waals surface area contributed by atoms with Gasteiger partial charge >= 0.3 is 0 Å². The first-order chi connectivity index (χ1) is 14.6. The number of carbonyl (C=O) groups excluding carboxylic acids is 1. The molecule has 3 rings (SSSR count). The molecule has 0 unspecified atom stereocenters. The van der Waals surface area contributed by atoms with Gasteiger partial charge in [0.05, 0.1) is 18.5 Å². The zero-order valence-electron chi connectivity index (χ0n) is 17.1. The fourth-order valence-electron chi connectivity index (χ4n) is 2.66. The number of ether oxygens (including phenoxy) is 2. The molecule has 0 spiro atoms. The maximum absolute atomic E-state index is 12.2. The summed E-state index contributed by atoms with van der Waals surface area (Å²) in [4.78, 5) is 12.2. The van der Waals surface area contributed by atoms with Gasteiger partial charge < -0.3 is 14.8 Å². The van der Waals surface area contributed by atoms with E-state index in [1.54, 1.807) is 12.3 Å². The zero-order chi connectivity index (χ0) is 21.2. The molecule has 2 N–H and O–H groups in total. The number of hydrazone groups is 1. The van der Waals surface area contributed by atoms with Gasteiger partial charge in [-0.05, 0) is 61.9 Å². The van der Waals surface area contributed by atoms with E-state index in [1.807, 2.05) is 80.6 Å². The largest absolute Gasteiger partial charge is 0.490 e. The van der Waals surface area contributed by atoms with Crippen molar-refractivity contribution in [2.45, 2.75) is 13.8 Å². The van der Waals surface area contributed by atoms with Crippen molar-refractivity contribution in [2.75, 3.05) is 24.0 Å². The van der Waals surface area contributed by atoms with Crippen LogP contribution in [0.4, 0.5) is 11.4 Å². The van der Waals surface area contributed by atoms with E-state index in [9.17, 15) is 4.79 Å². The average Bonchev–Trinajstić information content (AvgIpc) is 2.76. The summed E-state index contributed by atoms with van der Waals surface area (Å²) in [5, 5.41) is 7.05. The average molecular weight is 403 g/mol.